The zero-order chi connectivity index (χ0) is 14.1. The van der Waals surface area contributed by atoms with Crippen LogP contribution < -0.4 is 16.0 Å². The van der Waals surface area contributed by atoms with Crippen molar-refractivity contribution in [2.45, 2.75) is 0 Å². The lowest BCUT2D eigenvalue weighted by atomic mass is 10.1. The lowest BCUT2D eigenvalue weighted by Crippen LogP contribution is -2.35. The summed E-state index contributed by atoms with van der Waals surface area (Å²) < 4.78 is 0. The molecule has 0 aromatic heterocycles. The maximum Gasteiger partial charge on any atom is 0.244 e. The van der Waals surface area contributed by atoms with E-state index in [9.17, 15) is 4.79 Å². The number of nitriles is 1. The summed E-state index contributed by atoms with van der Waals surface area (Å²) >= 11 is 0. The molecule has 0 aliphatic carbocycles. The van der Waals surface area contributed by atoms with Gasteiger partial charge in [0, 0.05) is 0 Å². The number of rotatable bonds is 1. The predicted octanol–water partition coefficient (Wildman–Crippen LogP) is 2.23. The van der Waals surface area contributed by atoms with E-state index in [-0.39, 0.29) is 12.5 Å². The largest absolute Gasteiger partial charge is 0.396 e. The predicted molar refractivity (Wildman–Crippen MR) is 77.6 cm³/mol. The van der Waals surface area contributed by atoms with Gasteiger partial charge in [-0.15, -0.1) is 0 Å². The Kier molecular flexibility index (Phi) is 2.77. The smallest absolute Gasteiger partial charge is 0.244 e. The van der Waals surface area contributed by atoms with Crippen molar-refractivity contribution < 1.29 is 4.79 Å². The van der Waals surface area contributed by atoms with Gasteiger partial charge in [-0.2, -0.15) is 5.26 Å². The Morgan fingerprint density at radius 2 is 1.90 bits per heavy atom. The number of nitrogens with zero attached hydrogens (tertiary/aromatic N) is 2. The van der Waals surface area contributed by atoms with Gasteiger partial charge in [0.1, 0.15) is 12.6 Å². The average Bonchev–Trinajstić information content (AvgIpc) is 2.46. The highest BCUT2D eigenvalue weighted by Gasteiger charge is 2.24. The number of carbonyl (C=O) groups excluding carboxylic acids is 1. The molecule has 0 saturated carbocycles. The molecule has 0 fully saturated rings. The Hall–Kier alpha value is -3.00. The zero-order valence-electron chi connectivity index (χ0n) is 10.6. The highest BCUT2D eigenvalue weighted by Crippen LogP contribution is 2.38. The fraction of sp³-hybridized carbons (Fsp3) is 0.0667. The van der Waals surface area contributed by atoms with Crippen LogP contribution in [0.1, 0.15) is 5.56 Å². The first-order chi connectivity index (χ1) is 9.70. The molecule has 0 atom stereocenters. The van der Waals surface area contributed by atoms with E-state index >= 15 is 0 Å². The minimum absolute atomic E-state index is 0.106. The van der Waals surface area contributed by atoms with Crippen LogP contribution in [0, 0.1) is 11.3 Å². The van der Waals surface area contributed by atoms with Gasteiger partial charge in [0.25, 0.3) is 0 Å². The third-order valence-electron chi connectivity index (χ3n) is 3.27. The van der Waals surface area contributed by atoms with Crippen LogP contribution in [0.15, 0.2) is 42.5 Å². The molecule has 5 nitrogen and oxygen atoms in total. The van der Waals surface area contributed by atoms with Gasteiger partial charge in [-0.25, -0.2) is 0 Å². The van der Waals surface area contributed by atoms with E-state index in [1.54, 1.807) is 12.1 Å². The SMILES string of the molecule is N#Cc1cccc(N2CC(=O)Nc3ccccc32)c1N. The second-order valence-corrected chi connectivity index (χ2v) is 4.50. The first kappa shape index (κ1) is 12.1. The van der Waals surface area contributed by atoms with E-state index < -0.39 is 0 Å². The zero-order valence-corrected chi connectivity index (χ0v) is 10.6. The second kappa shape index (κ2) is 4.59. The third-order valence-corrected chi connectivity index (χ3v) is 3.27. The monoisotopic (exact) mass is 264 g/mol. The summed E-state index contributed by atoms with van der Waals surface area (Å²) in [7, 11) is 0. The summed E-state index contributed by atoms with van der Waals surface area (Å²) in [5.41, 5.74) is 9.11. The van der Waals surface area contributed by atoms with Crippen LogP contribution in [0.4, 0.5) is 22.7 Å². The molecule has 98 valence electrons. The summed E-state index contributed by atoms with van der Waals surface area (Å²) in [4.78, 5) is 13.6. The fourth-order valence-corrected chi connectivity index (χ4v) is 2.33. The number of fused-ring (bicyclic) bond motifs is 1. The number of hydrogen-bond donors (Lipinski definition) is 2. The van der Waals surface area contributed by atoms with Crippen molar-refractivity contribution in [3.8, 4) is 6.07 Å². The Balaban J connectivity index is 2.16. The molecule has 1 aliphatic heterocycles. The molecule has 1 heterocycles. The topological polar surface area (TPSA) is 82.2 Å². The first-order valence-electron chi connectivity index (χ1n) is 6.15. The molecule has 3 N–H and O–H groups in total. The van der Waals surface area contributed by atoms with Crippen molar-refractivity contribution in [3.63, 3.8) is 0 Å². The van der Waals surface area contributed by atoms with Crippen LogP contribution in [-0.4, -0.2) is 12.5 Å². The van der Waals surface area contributed by atoms with Gasteiger partial charge in [0.2, 0.25) is 5.91 Å². The molecule has 0 unspecified atom stereocenters. The number of nitrogens with one attached hydrogen (secondary N) is 1. The molecule has 3 rings (SSSR count). The maximum atomic E-state index is 11.8. The van der Waals surface area contributed by atoms with Gasteiger partial charge in [0.15, 0.2) is 0 Å². The standard InChI is InChI=1S/C15H12N4O/c16-8-10-4-3-7-13(15(10)17)19-9-14(20)18-11-5-1-2-6-12(11)19/h1-7H,9,17H2,(H,18,20). The molecule has 2 aromatic rings. The highest BCUT2D eigenvalue weighted by molar-refractivity contribution is 6.04. The molecular weight excluding hydrogens is 252 g/mol. The van der Waals surface area contributed by atoms with E-state index in [1.165, 1.54) is 0 Å². The van der Waals surface area contributed by atoms with Gasteiger partial charge in [-0.1, -0.05) is 18.2 Å². The van der Waals surface area contributed by atoms with Crippen LogP contribution in [-0.2, 0) is 4.79 Å². The Bertz CT molecular complexity index is 733. The molecule has 20 heavy (non-hydrogen) atoms. The summed E-state index contributed by atoms with van der Waals surface area (Å²) in [6, 6.07) is 14.8. The lowest BCUT2D eigenvalue weighted by Gasteiger charge is -2.31. The molecule has 5 heteroatoms. The molecule has 0 spiro atoms. The van der Waals surface area contributed by atoms with E-state index in [2.05, 4.69) is 11.4 Å². The number of nitrogen functional groups attached to an aromatic ring is 1. The van der Waals surface area contributed by atoms with Gasteiger partial charge in [-0.3, -0.25) is 4.79 Å². The number of benzene rings is 2. The molecule has 1 aliphatic rings. The van der Waals surface area contributed by atoms with Gasteiger partial charge < -0.3 is 16.0 Å². The maximum absolute atomic E-state index is 11.8. The highest BCUT2D eigenvalue weighted by atomic mass is 16.2. The van der Waals surface area contributed by atoms with Gasteiger partial charge >= 0.3 is 0 Å². The summed E-state index contributed by atoms with van der Waals surface area (Å²) in [5, 5.41) is 11.9. The average molecular weight is 264 g/mol. The molecular formula is C15H12N4O. The van der Waals surface area contributed by atoms with Crippen LogP contribution in [0.2, 0.25) is 0 Å². The Labute approximate surface area is 116 Å². The van der Waals surface area contributed by atoms with Gasteiger partial charge in [-0.05, 0) is 24.3 Å². The van der Waals surface area contributed by atoms with Crippen LogP contribution in [0.5, 0.6) is 0 Å². The normalized spacial score (nSPS) is 13.3. The van der Waals surface area contributed by atoms with Crippen LogP contribution in [0.25, 0.3) is 0 Å². The Morgan fingerprint density at radius 3 is 2.70 bits per heavy atom. The van der Waals surface area contributed by atoms with E-state index in [1.807, 2.05) is 35.2 Å². The first-order valence-corrected chi connectivity index (χ1v) is 6.15. The molecule has 2 aromatic carbocycles. The van der Waals surface area contributed by atoms with Crippen LogP contribution >= 0.6 is 0 Å². The van der Waals surface area contributed by atoms with Crippen molar-refractivity contribution in [3.05, 3.63) is 48.0 Å². The van der Waals surface area contributed by atoms with E-state index in [0.717, 1.165) is 11.4 Å². The molecule has 0 bridgehead atoms. The number of carbonyl (C=O) groups is 1. The Morgan fingerprint density at radius 1 is 1.15 bits per heavy atom. The number of para-hydroxylation sites is 3. The number of amides is 1. The number of hydrogen-bond acceptors (Lipinski definition) is 4. The minimum atomic E-state index is -0.106. The second-order valence-electron chi connectivity index (χ2n) is 4.50. The number of nitrogens with two attached hydrogens (primary N) is 1. The van der Waals surface area contributed by atoms with Crippen molar-refractivity contribution in [1.29, 1.82) is 5.26 Å². The summed E-state index contributed by atoms with van der Waals surface area (Å²) in [6.45, 7) is 0.177. The third kappa shape index (κ3) is 1.84. The van der Waals surface area contributed by atoms with Crippen LogP contribution in [0.3, 0.4) is 0 Å². The molecule has 0 radical (unpaired) electrons. The van der Waals surface area contributed by atoms with Gasteiger partial charge in [0.05, 0.1) is 28.3 Å². The van der Waals surface area contributed by atoms with Crippen molar-refractivity contribution in [2.75, 3.05) is 22.5 Å². The summed E-state index contributed by atoms with van der Waals surface area (Å²) in [5.74, 6) is -0.106. The molecule has 1 amide bonds. The van der Waals surface area contributed by atoms with E-state index in [0.29, 0.717) is 16.9 Å². The van der Waals surface area contributed by atoms with Crippen molar-refractivity contribution in [2.24, 2.45) is 0 Å². The van der Waals surface area contributed by atoms with Crippen molar-refractivity contribution >= 4 is 28.7 Å². The molecule has 0 saturated heterocycles. The minimum Gasteiger partial charge on any atom is -0.396 e. The van der Waals surface area contributed by atoms with Crippen molar-refractivity contribution in [1.82, 2.24) is 0 Å². The van der Waals surface area contributed by atoms with E-state index in [4.69, 9.17) is 11.0 Å². The fourth-order valence-electron chi connectivity index (χ4n) is 2.33. The summed E-state index contributed by atoms with van der Waals surface area (Å²) in [6.07, 6.45) is 0. The quantitative estimate of drug-likeness (QED) is 0.774. The number of anilines is 4. The lowest BCUT2D eigenvalue weighted by molar-refractivity contribution is -0.115.